The third-order valence-electron chi connectivity index (χ3n) is 3.10. The van der Waals surface area contributed by atoms with E-state index in [1.54, 1.807) is 6.20 Å². The Balaban J connectivity index is 1.92. The summed E-state index contributed by atoms with van der Waals surface area (Å²) in [6, 6.07) is 1.96. The Labute approximate surface area is 103 Å². The van der Waals surface area contributed by atoms with Crippen LogP contribution in [0.4, 0.5) is 4.39 Å². The minimum absolute atomic E-state index is 0.0785. The molecule has 0 aliphatic carbocycles. The molecule has 0 amide bonds. The van der Waals surface area contributed by atoms with Gasteiger partial charge in [0.2, 0.25) is 0 Å². The maximum Gasteiger partial charge on any atom is 0.141 e. The van der Waals surface area contributed by atoms with Crippen LogP contribution in [0.15, 0.2) is 18.5 Å². The van der Waals surface area contributed by atoms with Gasteiger partial charge in [-0.1, -0.05) is 0 Å². The fourth-order valence-corrected chi connectivity index (χ4v) is 3.37. The number of hydrogen-bond acceptors (Lipinski definition) is 3. The predicted molar refractivity (Wildman–Crippen MR) is 66.6 cm³/mol. The quantitative estimate of drug-likeness (QED) is 0.896. The normalized spacial score (nSPS) is 26.7. The lowest BCUT2D eigenvalue weighted by molar-refractivity contribution is 0.425. The predicted octanol–water partition coefficient (Wildman–Crippen LogP) is 1.78. The molecule has 17 heavy (non-hydrogen) atoms. The standard InChI is InChI=1S/C12H17FN2OS/c1-9(10-6-11(13)8-14-7-10)15-12-2-4-17(16)5-3-12/h6-9,12,15H,2-5H2,1H3. The van der Waals surface area contributed by atoms with Gasteiger partial charge in [-0.3, -0.25) is 9.19 Å². The highest BCUT2D eigenvalue weighted by atomic mass is 32.2. The molecule has 0 spiro atoms. The van der Waals surface area contributed by atoms with E-state index < -0.39 is 10.8 Å². The molecule has 1 unspecified atom stereocenters. The van der Waals surface area contributed by atoms with E-state index in [1.807, 2.05) is 6.92 Å². The van der Waals surface area contributed by atoms with Crippen LogP contribution in [0.5, 0.6) is 0 Å². The second-order valence-electron chi connectivity index (χ2n) is 4.45. The van der Waals surface area contributed by atoms with Crippen molar-refractivity contribution in [1.82, 2.24) is 10.3 Å². The topological polar surface area (TPSA) is 42.0 Å². The Morgan fingerprint density at radius 1 is 1.47 bits per heavy atom. The van der Waals surface area contributed by atoms with Gasteiger partial charge in [-0.25, -0.2) is 4.39 Å². The Hall–Kier alpha value is -0.810. The lowest BCUT2D eigenvalue weighted by Crippen LogP contribution is -2.37. The molecule has 1 aromatic heterocycles. The molecule has 2 heterocycles. The second kappa shape index (κ2) is 5.69. The van der Waals surface area contributed by atoms with Crippen molar-refractivity contribution in [3.8, 4) is 0 Å². The van der Waals surface area contributed by atoms with Crippen molar-refractivity contribution >= 4 is 10.8 Å². The fourth-order valence-electron chi connectivity index (χ4n) is 2.08. The zero-order valence-electron chi connectivity index (χ0n) is 9.86. The second-order valence-corrected chi connectivity index (χ2v) is 6.14. The highest BCUT2D eigenvalue weighted by molar-refractivity contribution is 7.85. The van der Waals surface area contributed by atoms with Gasteiger partial charge in [-0.15, -0.1) is 0 Å². The smallest absolute Gasteiger partial charge is 0.141 e. The fraction of sp³-hybridized carbons (Fsp3) is 0.583. The van der Waals surface area contributed by atoms with Crippen LogP contribution in [-0.4, -0.2) is 26.7 Å². The van der Waals surface area contributed by atoms with E-state index in [-0.39, 0.29) is 11.9 Å². The summed E-state index contributed by atoms with van der Waals surface area (Å²) in [5.41, 5.74) is 0.858. The molecule has 1 atom stereocenters. The van der Waals surface area contributed by atoms with Crippen molar-refractivity contribution < 1.29 is 8.60 Å². The number of hydrogen-bond donors (Lipinski definition) is 1. The van der Waals surface area contributed by atoms with Crippen LogP contribution in [0.25, 0.3) is 0 Å². The van der Waals surface area contributed by atoms with Crippen LogP contribution in [0.2, 0.25) is 0 Å². The van der Waals surface area contributed by atoms with Crippen LogP contribution in [0.3, 0.4) is 0 Å². The molecular weight excluding hydrogens is 239 g/mol. The highest BCUT2D eigenvalue weighted by Crippen LogP contribution is 2.17. The van der Waals surface area contributed by atoms with Gasteiger partial charge in [0.1, 0.15) is 5.82 Å². The Bertz CT molecular complexity index is 403. The van der Waals surface area contributed by atoms with E-state index in [2.05, 4.69) is 10.3 Å². The monoisotopic (exact) mass is 256 g/mol. The first kappa shape index (κ1) is 12.6. The molecule has 5 heteroatoms. The van der Waals surface area contributed by atoms with E-state index in [9.17, 15) is 8.60 Å². The Kier molecular flexibility index (Phi) is 4.23. The molecule has 1 fully saturated rings. The summed E-state index contributed by atoms with van der Waals surface area (Å²) in [5, 5.41) is 3.44. The van der Waals surface area contributed by atoms with Crippen LogP contribution in [0.1, 0.15) is 31.4 Å². The first-order valence-electron chi connectivity index (χ1n) is 5.86. The lowest BCUT2D eigenvalue weighted by Gasteiger charge is -2.26. The third-order valence-corrected chi connectivity index (χ3v) is 4.48. The summed E-state index contributed by atoms with van der Waals surface area (Å²) in [4.78, 5) is 3.85. The van der Waals surface area contributed by atoms with E-state index in [1.165, 1.54) is 12.3 Å². The summed E-state index contributed by atoms with van der Waals surface area (Å²) >= 11 is 0. The molecule has 1 aliphatic heterocycles. The van der Waals surface area contributed by atoms with Crippen LogP contribution >= 0.6 is 0 Å². The van der Waals surface area contributed by atoms with Crippen LogP contribution < -0.4 is 5.32 Å². The van der Waals surface area contributed by atoms with Crippen molar-refractivity contribution in [3.63, 3.8) is 0 Å². The van der Waals surface area contributed by atoms with Gasteiger partial charge in [-0.2, -0.15) is 0 Å². The minimum Gasteiger partial charge on any atom is -0.307 e. The first-order chi connectivity index (χ1) is 8.15. The van der Waals surface area contributed by atoms with Crippen molar-refractivity contribution in [2.24, 2.45) is 0 Å². The number of aromatic nitrogens is 1. The van der Waals surface area contributed by atoms with Gasteiger partial charge < -0.3 is 5.32 Å². The maximum absolute atomic E-state index is 13.0. The Morgan fingerprint density at radius 2 is 2.18 bits per heavy atom. The highest BCUT2D eigenvalue weighted by Gasteiger charge is 2.19. The molecule has 0 saturated carbocycles. The van der Waals surface area contributed by atoms with Gasteiger partial charge in [0.05, 0.1) is 6.20 Å². The van der Waals surface area contributed by atoms with E-state index in [0.29, 0.717) is 6.04 Å². The number of pyridine rings is 1. The lowest BCUT2D eigenvalue weighted by atomic mass is 10.1. The number of rotatable bonds is 3. The summed E-state index contributed by atoms with van der Waals surface area (Å²) in [5.74, 6) is 1.23. The molecule has 2 rings (SSSR count). The molecule has 0 bridgehead atoms. The molecule has 1 N–H and O–H groups in total. The van der Waals surface area contributed by atoms with Gasteiger partial charge in [-0.05, 0) is 31.4 Å². The zero-order valence-corrected chi connectivity index (χ0v) is 10.7. The van der Waals surface area contributed by atoms with Crippen molar-refractivity contribution in [2.75, 3.05) is 11.5 Å². The van der Waals surface area contributed by atoms with E-state index in [0.717, 1.165) is 29.9 Å². The van der Waals surface area contributed by atoms with Gasteiger partial charge in [0.25, 0.3) is 0 Å². The molecule has 94 valence electrons. The van der Waals surface area contributed by atoms with Crippen LogP contribution in [0, 0.1) is 5.82 Å². The maximum atomic E-state index is 13.0. The average Bonchev–Trinajstić information content (AvgIpc) is 2.32. The molecule has 1 aliphatic rings. The largest absolute Gasteiger partial charge is 0.307 e. The first-order valence-corrected chi connectivity index (χ1v) is 7.35. The molecule has 1 aromatic rings. The average molecular weight is 256 g/mol. The van der Waals surface area contributed by atoms with E-state index >= 15 is 0 Å². The van der Waals surface area contributed by atoms with Crippen molar-refractivity contribution in [2.45, 2.75) is 31.8 Å². The van der Waals surface area contributed by atoms with Crippen molar-refractivity contribution in [3.05, 3.63) is 29.8 Å². The molecule has 1 saturated heterocycles. The summed E-state index contributed by atoms with van der Waals surface area (Å²) in [7, 11) is -0.636. The summed E-state index contributed by atoms with van der Waals surface area (Å²) in [6.45, 7) is 2.00. The molecule has 0 aromatic carbocycles. The summed E-state index contributed by atoms with van der Waals surface area (Å²) in [6.07, 6.45) is 4.75. The minimum atomic E-state index is -0.636. The third kappa shape index (κ3) is 3.57. The Morgan fingerprint density at radius 3 is 2.82 bits per heavy atom. The number of halogens is 1. The molecule has 0 radical (unpaired) electrons. The number of nitrogens with zero attached hydrogens (tertiary/aromatic N) is 1. The molecular formula is C12H17FN2OS. The van der Waals surface area contributed by atoms with E-state index in [4.69, 9.17) is 0 Å². The van der Waals surface area contributed by atoms with Gasteiger partial charge in [0.15, 0.2) is 0 Å². The van der Waals surface area contributed by atoms with Crippen LogP contribution in [-0.2, 0) is 10.8 Å². The van der Waals surface area contributed by atoms with Gasteiger partial charge in [0, 0.05) is 40.6 Å². The SMILES string of the molecule is CC(NC1CCS(=O)CC1)c1cncc(F)c1. The summed E-state index contributed by atoms with van der Waals surface area (Å²) < 4.78 is 24.3. The van der Waals surface area contributed by atoms with Crippen molar-refractivity contribution in [1.29, 1.82) is 0 Å². The zero-order chi connectivity index (χ0) is 12.3. The van der Waals surface area contributed by atoms with Gasteiger partial charge >= 0.3 is 0 Å². The number of nitrogens with one attached hydrogen (secondary N) is 1. The molecule has 3 nitrogen and oxygen atoms in total.